The fourth-order valence-corrected chi connectivity index (χ4v) is 6.31. The van der Waals surface area contributed by atoms with E-state index in [9.17, 15) is 24.3 Å². The van der Waals surface area contributed by atoms with Gasteiger partial charge in [-0.2, -0.15) is 0 Å². The zero-order valence-electron chi connectivity index (χ0n) is 32.1. The number of aliphatic carboxylic acids is 1. The first-order valence-corrected chi connectivity index (χ1v) is 18.4. The number of fused-ring (bicyclic) bond motifs is 1. The third kappa shape index (κ3) is 14.0. The van der Waals surface area contributed by atoms with Crippen molar-refractivity contribution in [3.8, 4) is 0 Å². The van der Waals surface area contributed by atoms with Gasteiger partial charge in [0.05, 0.1) is 35.3 Å². The second-order valence-corrected chi connectivity index (χ2v) is 16.5. The van der Waals surface area contributed by atoms with Crippen molar-refractivity contribution in [3.05, 3.63) is 11.4 Å². The second kappa shape index (κ2) is 19.1. The summed E-state index contributed by atoms with van der Waals surface area (Å²) in [5, 5.41) is 16.7. The van der Waals surface area contributed by atoms with Crippen molar-refractivity contribution in [3.63, 3.8) is 0 Å². The number of amides is 2. The number of nitrogens with two attached hydrogens (primary N) is 2. The van der Waals surface area contributed by atoms with E-state index in [4.69, 9.17) is 25.8 Å². The minimum atomic E-state index is -0.853. The second-order valence-electron chi connectivity index (χ2n) is 16.5. The minimum absolute atomic E-state index is 0.0451. The number of carbonyl (C=O) groups is 4. The number of hydrogen-bond acceptors (Lipinski definition) is 10. The van der Waals surface area contributed by atoms with E-state index in [1.807, 2.05) is 34.6 Å². The largest absolute Gasteiger partial charge is 0.481 e. The lowest BCUT2D eigenvalue weighted by Crippen LogP contribution is -2.49. The highest BCUT2D eigenvalue weighted by Gasteiger charge is 2.50. The number of ether oxygens (including phenoxy) is 3. The number of alkyl carbamates (subject to hydrolysis) is 1. The van der Waals surface area contributed by atoms with Gasteiger partial charge in [0.25, 0.3) is 0 Å². The van der Waals surface area contributed by atoms with Gasteiger partial charge in [-0.3, -0.25) is 9.59 Å². The molecule has 0 heterocycles. The maximum Gasteiger partial charge on any atom is 0.407 e. The van der Waals surface area contributed by atoms with Crippen LogP contribution in [0.4, 0.5) is 4.79 Å². The predicted molar refractivity (Wildman–Crippen MR) is 192 cm³/mol. The SMILES string of the molecule is CC(CCC(=O)NC(C=O)C(C)C)OCCC(C)(C)N(N)/C1=C(\N)CCC2C(CC1)C2COC(=O)NCCC(C)(C)OCCC(C)(C)C(=O)O. The van der Waals surface area contributed by atoms with Gasteiger partial charge >= 0.3 is 12.1 Å². The molecule has 1 saturated carbocycles. The summed E-state index contributed by atoms with van der Waals surface area (Å²) in [5.41, 5.74) is 6.57. The number of allylic oxidation sites excluding steroid dienone is 2. The van der Waals surface area contributed by atoms with Gasteiger partial charge in [-0.05, 0) is 124 Å². The molecular formula is C37H67N5O8. The molecule has 0 bridgehead atoms. The van der Waals surface area contributed by atoms with Crippen LogP contribution < -0.4 is 22.2 Å². The van der Waals surface area contributed by atoms with Gasteiger partial charge in [0.15, 0.2) is 0 Å². The molecule has 2 aliphatic carbocycles. The Bertz CT molecular complexity index is 1170. The molecule has 2 amide bonds. The lowest BCUT2D eigenvalue weighted by atomic mass is 9.90. The Labute approximate surface area is 299 Å². The van der Waals surface area contributed by atoms with Crippen molar-refractivity contribution in [1.82, 2.24) is 15.6 Å². The lowest BCUT2D eigenvalue weighted by Gasteiger charge is -2.39. The summed E-state index contributed by atoms with van der Waals surface area (Å²) in [6.07, 6.45) is 6.01. The Balaban J connectivity index is 1.72. The summed E-state index contributed by atoms with van der Waals surface area (Å²) in [6.45, 7) is 18.6. The molecule has 13 nitrogen and oxygen atoms in total. The summed E-state index contributed by atoms with van der Waals surface area (Å²) < 4.78 is 17.5. The number of carbonyl (C=O) groups excluding carboxylic acids is 3. The quantitative estimate of drug-likeness (QED) is 0.0584. The molecule has 5 atom stereocenters. The maximum absolute atomic E-state index is 12.5. The van der Waals surface area contributed by atoms with E-state index in [1.54, 1.807) is 18.9 Å². The molecular weight excluding hydrogens is 642 g/mol. The number of hydrazine groups is 1. The first kappa shape index (κ1) is 43.3. The Morgan fingerprint density at radius 1 is 1.00 bits per heavy atom. The van der Waals surface area contributed by atoms with Gasteiger partial charge in [0.1, 0.15) is 6.29 Å². The Kier molecular flexibility index (Phi) is 16.5. The van der Waals surface area contributed by atoms with Crippen LogP contribution in [-0.2, 0) is 28.6 Å². The lowest BCUT2D eigenvalue weighted by molar-refractivity contribution is -0.149. The number of hydrogen-bond donors (Lipinski definition) is 5. The van der Waals surface area contributed by atoms with E-state index in [1.165, 1.54) is 0 Å². The first-order chi connectivity index (χ1) is 23.2. The minimum Gasteiger partial charge on any atom is -0.481 e. The maximum atomic E-state index is 12.5. The number of carboxylic acids is 1. The zero-order valence-corrected chi connectivity index (χ0v) is 32.1. The van der Waals surface area contributed by atoms with E-state index in [0.29, 0.717) is 76.2 Å². The molecule has 13 heteroatoms. The highest BCUT2D eigenvalue weighted by Crippen LogP contribution is 2.54. The van der Waals surface area contributed by atoms with E-state index >= 15 is 0 Å². The van der Waals surface area contributed by atoms with Crippen molar-refractivity contribution in [1.29, 1.82) is 0 Å². The topological polar surface area (TPSA) is 196 Å². The number of rotatable bonds is 22. The van der Waals surface area contributed by atoms with Gasteiger partial charge in [-0.25, -0.2) is 10.6 Å². The smallest absolute Gasteiger partial charge is 0.407 e. The molecule has 5 unspecified atom stereocenters. The van der Waals surface area contributed by atoms with Gasteiger partial charge < -0.3 is 45.5 Å². The summed E-state index contributed by atoms with van der Waals surface area (Å²) in [5.74, 6) is 6.97. The highest BCUT2D eigenvalue weighted by molar-refractivity contribution is 5.79. The van der Waals surface area contributed by atoms with Gasteiger partial charge in [-0.15, -0.1) is 0 Å². The Morgan fingerprint density at radius 3 is 2.24 bits per heavy atom. The van der Waals surface area contributed by atoms with Crippen LogP contribution in [0.5, 0.6) is 0 Å². The van der Waals surface area contributed by atoms with Crippen molar-refractivity contribution in [2.75, 3.05) is 26.4 Å². The van der Waals surface area contributed by atoms with E-state index in [2.05, 4.69) is 24.5 Å². The number of carboxylic acid groups (broad SMARTS) is 1. The van der Waals surface area contributed by atoms with E-state index in [-0.39, 0.29) is 17.9 Å². The molecule has 0 spiro atoms. The molecule has 0 aromatic rings. The average molecular weight is 710 g/mol. The molecule has 0 saturated heterocycles. The molecule has 0 radical (unpaired) electrons. The van der Waals surface area contributed by atoms with Gasteiger partial charge in [-0.1, -0.05) is 13.8 Å². The standard InChI is InChI=1S/C37H67N5O8/c1-24(2)30(22-43)41-32(44)15-10-25(3)48-20-18-36(6,7)42(39)31-14-12-27-26(11-13-29(31)38)28(27)23-49-34(47)40-19-16-37(8,9)50-21-17-35(4,5)33(45)46/h22,24-28,30H,10-21,23,38-39H2,1-9H3,(H,40,47)(H,41,44)(H,45,46)/b31-29-. The van der Waals surface area contributed by atoms with Crippen LogP contribution >= 0.6 is 0 Å². The molecule has 1 fully saturated rings. The molecule has 0 aromatic carbocycles. The van der Waals surface area contributed by atoms with Crippen LogP contribution in [0.15, 0.2) is 11.4 Å². The third-order valence-corrected chi connectivity index (χ3v) is 10.6. The van der Waals surface area contributed by atoms with Crippen LogP contribution in [0.25, 0.3) is 0 Å². The summed E-state index contributed by atoms with van der Waals surface area (Å²) in [6, 6.07) is -0.476. The van der Waals surface area contributed by atoms with E-state index in [0.717, 1.165) is 43.4 Å². The monoisotopic (exact) mass is 709 g/mol. The molecule has 7 N–H and O–H groups in total. The fourth-order valence-electron chi connectivity index (χ4n) is 6.31. The normalized spacial score (nSPS) is 22.4. The predicted octanol–water partition coefficient (Wildman–Crippen LogP) is 4.87. The molecule has 2 aliphatic rings. The fraction of sp³-hybridized carbons (Fsp3) is 0.838. The molecule has 0 aliphatic heterocycles. The van der Waals surface area contributed by atoms with Gasteiger partial charge in [0, 0.05) is 37.6 Å². The number of aldehydes is 1. The summed E-state index contributed by atoms with van der Waals surface area (Å²) >= 11 is 0. The van der Waals surface area contributed by atoms with Crippen LogP contribution in [-0.4, -0.2) is 84.0 Å². The average Bonchev–Trinajstić information content (AvgIpc) is 3.68. The summed E-state index contributed by atoms with van der Waals surface area (Å²) in [7, 11) is 0. The zero-order chi connectivity index (χ0) is 37.9. The molecule has 0 aromatic heterocycles. The van der Waals surface area contributed by atoms with E-state index < -0.39 is 34.7 Å². The highest BCUT2D eigenvalue weighted by atomic mass is 16.5. The van der Waals surface area contributed by atoms with Gasteiger partial charge in [0.2, 0.25) is 5.91 Å². The van der Waals surface area contributed by atoms with Crippen LogP contribution in [0.1, 0.15) is 120 Å². The Morgan fingerprint density at radius 2 is 1.64 bits per heavy atom. The van der Waals surface area contributed by atoms with Crippen molar-refractivity contribution >= 4 is 24.3 Å². The number of nitrogens with one attached hydrogen (secondary N) is 2. The Hall–Kier alpha value is -2.90. The van der Waals surface area contributed by atoms with Crippen molar-refractivity contribution in [2.45, 2.75) is 143 Å². The van der Waals surface area contributed by atoms with Crippen LogP contribution in [0.3, 0.4) is 0 Å². The first-order valence-electron chi connectivity index (χ1n) is 18.4. The molecule has 288 valence electrons. The summed E-state index contributed by atoms with van der Waals surface area (Å²) in [4.78, 5) is 47.2. The third-order valence-electron chi connectivity index (χ3n) is 10.6. The number of nitrogens with zero attached hydrogens (tertiary/aromatic N) is 1. The van der Waals surface area contributed by atoms with Crippen molar-refractivity contribution in [2.24, 2.45) is 40.7 Å². The van der Waals surface area contributed by atoms with Crippen molar-refractivity contribution < 1.29 is 38.5 Å². The molecule has 50 heavy (non-hydrogen) atoms. The van der Waals surface area contributed by atoms with Crippen LogP contribution in [0, 0.1) is 29.1 Å². The van der Waals surface area contributed by atoms with Crippen LogP contribution in [0.2, 0.25) is 0 Å². The molecule has 2 rings (SSSR count).